The Morgan fingerprint density at radius 1 is 1.23 bits per heavy atom. The molecule has 7 heteroatoms. The first-order chi connectivity index (χ1) is 12.5. The molecule has 0 bridgehead atoms. The summed E-state index contributed by atoms with van der Waals surface area (Å²) < 4.78 is 13.3. The van der Waals surface area contributed by atoms with Crippen molar-refractivity contribution in [3.05, 3.63) is 69.5 Å². The van der Waals surface area contributed by atoms with Crippen molar-refractivity contribution in [2.75, 3.05) is 12.4 Å². The van der Waals surface area contributed by atoms with Crippen LogP contribution in [-0.4, -0.2) is 17.9 Å². The van der Waals surface area contributed by atoms with Crippen molar-refractivity contribution in [3.8, 4) is 0 Å². The maximum absolute atomic E-state index is 13.3. The number of nitro benzene ring substituents is 1. The van der Waals surface area contributed by atoms with E-state index in [1.165, 1.54) is 25.2 Å². The van der Waals surface area contributed by atoms with Crippen LogP contribution < -0.4 is 10.6 Å². The van der Waals surface area contributed by atoms with Crippen LogP contribution in [-0.2, 0) is 0 Å². The quantitative estimate of drug-likeness (QED) is 0.603. The second kappa shape index (κ2) is 7.51. The topological polar surface area (TPSA) is 84.3 Å². The summed E-state index contributed by atoms with van der Waals surface area (Å²) in [4.78, 5) is 22.7. The summed E-state index contributed by atoms with van der Waals surface area (Å²) in [5.41, 5.74) is 1.31. The Balaban J connectivity index is 1.94. The summed E-state index contributed by atoms with van der Waals surface area (Å²) in [6.07, 6.45) is 3.14. The van der Waals surface area contributed by atoms with Crippen molar-refractivity contribution in [2.45, 2.75) is 25.3 Å². The zero-order valence-corrected chi connectivity index (χ0v) is 14.4. The fourth-order valence-electron chi connectivity index (χ4n) is 3.17. The Kier molecular flexibility index (Phi) is 5.16. The largest absolute Gasteiger partial charge is 0.372 e. The molecule has 1 amide bonds. The van der Waals surface area contributed by atoms with E-state index in [0.29, 0.717) is 11.6 Å². The van der Waals surface area contributed by atoms with Gasteiger partial charge < -0.3 is 10.6 Å². The molecule has 1 unspecified atom stereocenters. The van der Waals surface area contributed by atoms with Gasteiger partial charge in [-0.25, -0.2) is 4.39 Å². The third-order valence-corrected chi connectivity index (χ3v) is 4.85. The molecular weight excluding hydrogens is 337 g/mol. The van der Waals surface area contributed by atoms with E-state index < -0.39 is 4.92 Å². The number of carbonyl (C=O) groups is 1. The van der Waals surface area contributed by atoms with Crippen LogP contribution >= 0.6 is 0 Å². The van der Waals surface area contributed by atoms with Crippen LogP contribution in [0.4, 0.5) is 15.8 Å². The second-order valence-corrected chi connectivity index (χ2v) is 6.43. The Morgan fingerprint density at radius 2 is 1.92 bits per heavy atom. The molecule has 6 nitrogen and oxygen atoms in total. The smallest absolute Gasteiger partial charge is 0.293 e. The monoisotopic (exact) mass is 357 g/mol. The third kappa shape index (κ3) is 3.66. The van der Waals surface area contributed by atoms with Gasteiger partial charge in [0, 0.05) is 18.7 Å². The van der Waals surface area contributed by atoms with Gasteiger partial charge >= 0.3 is 0 Å². The maximum atomic E-state index is 13.3. The molecule has 136 valence electrons. The molecular formula is C19H20FN3O3. The molecule has 0 radical (unpaired) electrons. The molecule has 26 heavy (non-hydrogen) atoms. The number of carbonyl (C=O) groups excluding carboxylic acids is 1. The lowest BCUT2D eigenvalue weighted by Crippen LogP contribution is -2.27. The highest BCUT2D eigenvalue weighted by Gasteiger charge is 2.30. The van der Waals surface area contributed by atoms with Gasteiger partial charge in [0.05, 0.1) is 11.0 Å². The van der Waals surface area contributed by atoms with Crippen LogP contribution in [0.25, 0.3) is 0 Å². The number of nitrogens with zero attached hydrogens (tertiary/aromatic N) is 1. The fraction of sp³-hybridized carbons (Fsp3) is 0.316. The van der Waals surface area contributed by atoms with E-state index in [-0.39, 0.29) is 29.0 Å². The third-order valence-electron chi connectivity index (χ3n) is 4.85. The van der Waals surface area contributed by atoms with Gasteiger partial charge in [-0.15, -0.1) is 0 Å². The van der Waals surface area contributed by atoms with Crippen molar-refractivity contribution in [1.29, 1.82) is 0 Å². The Morgan fingerprint density at radius 3 is 2.46 bits per heavy atom. The van der Waals surface area contributed by atoms with Crippen molar-refractivity contribution in [3.63, 3.8) is 0 Å². The first-order valence-corrected chi connectivity index (χ1v) is 8.52. The minimum absolute atomic E-state index is 0.145. The molecule has 0 saturated heterocycles. The molecule has 2 aromatic rings. The summed E-state index contributed by atoms with van der Waals surface area (Å²) in [7, 11) is 1.47. The number of rotatable bonds is 6. The van der Waals surface area contributed by atoms with Crippen LogP contribution in [0.3, 0.4) is 0 Å². The van der Waals surface area contributed by atoms with Crippen LogP contribution in [0.2, 0.25) is 0 Å². The number of amides is 1. The van der Waals surface area contributed by atoms with E-state index in [0.717, 1.165) is 24.8 Å². The number of hydrogen-bond donors (Lipinski definition) is 2. The first-order valence-electron chi connectivity index (χ1n) is 8.52. The molecule has 1 aliphatic rings. The van der Waals surface area contributed by atoms with Crippen molar-refractivity contribution < 1.29 is 14.1 Å². The van der Waals surface area contributed by atoms with Gasteiger partial charge in [0.25, 0.3) is 11.6 Å². The highest BCUT2D eigenvalue weighted by atomic mass is 19.1. The normalized spacial score (nSPS) is 15.0. The van der Waals surface area contributed by atoms with Gasteiger partial charge in [0.2, 0.25) is 0 Å². The van der Waals surface area contributed by atoms with E-state index in [4.69, 9.17) is 0 Å². The lowest BCUT2D eigenvalue weighted by molar-refractivity contribution is -0.384. The van der Waals surface area contributed by atoms with E-state index >= 15 is 0 Å². The fourth-order valence-corrected chi connectivity index (χ4v) is 3.17. The lowest BCUT2D eigenvalue weighted by Gasteiger charge is -2.35. The standard InChI is InChI=1S/C19H20FN3O3/c1-21-19(24)14-7-10-16(17(11-14)23(25)26)22-18(12-3-2-4-12)13-5-8-15(20)9-6-13/h5-12,18,22H,2-4H2,1H3,(H,21,24). The molecule has 0 aromatic heterocycles. The van der Waals surface area contributed by atoms with E-state index in [1.54, 1.807) is 24.3 Å². The van der Waals surface area contributed by atoms with Crippen molar-refractivity contribution in [1.82, 2.24) is 5.32 Å². The Hall–Kier alpha value is -2.96. The molecule has 3 rings (SSSR count). The molecule has 1 aliphatic carbocycles. The molecule has 1 saturated carbocycles. The average molecular weight is 357 g/mol. The van der Waals surface area contributed by atoms with E-state index in [1.807, 2.05) is 0 Å². The van der Waals surface area contributed by atoms with Crippen LogP contribution in [0.15, 0.2) is 42.5 Å². The summed E-state index contributed by atoms with van der Waals surface area (Å²) in [6.45, 7) is 0. The zero-order chi connectivity index (χ0) is 18.7. The summed E-state index contributed by atoms with van der Waals surface area (Å²) >= 11 is 0. The lowest BCUT2D eigenvalue weighted by atomic mass is 9.77. The molecule has 0 spiro atoms. The highest BCUT2D eigenvalue weighted by molar-refractivity contribution is 5.95. The minimum Gasteiger partial charge on any atom is -0.372 e. The van der Waals surface area contributed by atoms with E-state index in [2.05, 4.69) is 10.6 Å². The van der Waals surface area contributed by atoms with Crippen molar-refractivity contribution in [2.24, 2.45) is 5.92 Å². The molecule has 0 heterocycles. The number of nitro groups is 1. The number of nitrogens with one attached hydrogen (secondary N) is 2. The Bertz CT molecular complexity index is 819. The van der Waals surface area contributed by atoms with Crippen molar-refractivity contribution >= 4 is 17.3 Å². The molecule has 1 atom stereocenters. The van der Waals surface area contributed by atoms with Crippen LogP contribution in [0.1, 0.15) is 41.2 Å². The summed E-state index contributed by atoms with van der Waals surface area (Å²) in [5.74, 6) is -0.366. The SMILES string of the molecule is CNC(=O)c1ccc(NC(c2ccc(F)cc2)C2CCC2)c([N+](=O)[O-])c1. The van der Waals surface area contributed by atoms with Gasteiger partial charge in [-0.2, -0.15) is 0 Å². The molecule has 2 aromatic carbocycles. The second-order valence-electron chi connectivity index (χ2n) is 6.43. The number of halogens is 1. The molecule has 2 N–H and O–H groups in total. The molecule has 1 fully saturated rings. The number of hydrogen-bond acceptors (Lipinski definition) is 4. The number of benzene rings is 2. The van der Waals surface area contributed by atoms with Crippen LogP contribution in [0.5, 0.6) is 0 Å². The van der Waals surface area contributed by atoms with Gasteiger partial charge in [-0.1, -0.05) is 18.6 Å². The van der Waals surface area contributed by atoms with Crippen LogP contribution in [0, 0.1) is 21.8 Å². The summed E-state index contributed by atoms with van der Waals surface area (Å²) in [5, 5.41) is 17.2. The maximum Gasteiger partial charge on any atom is 0.293 e. The summed E-state index contributed by atoms with van der Waals surface area (Å²) in [6, 6.07) is 10.4. The van der Waals surface area contributed by atoms with E-state index in [9.17, 15) is 19.3 Å². The number of anilines is 1. The predicted molar refractivity (Wildman–Crippen MR) is 96.6 cm³/mol. The Labute approximate surface area is 150 Å². The highest BCUT2D eigenvalue weighted by Crippen LogP contribution is 2.41. The zero-order valence-electron chi connectivity index (χ0n) is 14.4. The van der Waals surface area contributed by atoms with Gasteiger partial charge in [0.15, 0.2) is 0 Å². The molecule has 0 aliphatic heterocycles. The van der Waals surface area contributed by atoms with Gasteiger partial charge in [-0.3, -0.25) is 14.9 Å². The predicted octanol–water partition coefficient (Wildman–Crippen LogP) is 4.05. The first kappa shape index (κ1) is 17.8. The van der Waals surface area contributed by atoms with Gasteiger partial charge in [-0.05, 0) is 48.6 Å². The minimum atomic E-state index is -0.503. The average Bonchev–Trinajstić information content (AvgIpc) is 2.59. The van der Waals surface area contributed by atoms with Gasteiger partial charge in [0.1, 0.15) is 11.5 Å².